The van der Waals surface area contributed by atoms with E-state index in [0.717, 1.165) is 23.0 Å². The van der Waals surface area contributed by atoms with Gasteiger partial charge in [-0.3, -0.25) is 19.7 Å². The van der Waals surface area contributed by atoms with Gasteiger partial charge in [-0.2, -0.15) is 0 Å². The average molecular weight is 475 g/mol. The molecule has 0 fully saturated rings. The molecule has 0 aliphatic heterocycles. The number of nitro groups is 1. The molecular weight excluding hydrogens is 452 g/mol. The lowest BCUT2D eigenvalue weighted by molar-refractivity contribution is -0.384. The third-order valence-electron chi connectivity index (χ3n) is 4.08. The summed E-state index contributed by atoms with van der Waals surface area (Å²) in [5.41, 5.74) is 0.921. The Balaban J connectivity index is 2.17. The first-order valence-corrected chi connectivity index (χ1v) is 10.0. The van der Waals surface area contributed by atoms with Crippen molar-refractivity contribution in [1.82, 2.24) is 15.5 Å². The van der Waals surface area contributed by atoms with Crippen LogP contribution < -0.4 is 10.6 Å². The molecule has 0 heterocycles. The summed E-state index contributed by atoms with van der Waals surface area (Å²) in [6.45, 7) is 1.28. The molecule has 2 rings (SSSR count). The number of amides is 2. The van der Waals surface area contributed by atoms with Gasteiger partial charge in [0.15, 0.2) is 0 Å². The monoisotopic (exact) mass is 474 g/mol. The zero-order valence-corrected chi connectivity index (χ0v) is 18.3. The maximum Gasteiger partial charge on any atom is 0.269 e. The maximum absolute atomic E-state index is 12.7. The highest BCUT2D eigenvalue weighted by atomic mass is 79.9. The molecule has 0 bridgehead atoms. The number of benzene rings is 2. The number of hydrogen-bond donors (Lipinski definition) is 2. The van der Waals surface area contributed by atoms with Crippen LogP contribution in [0.25, 0.3) is 6.08 Å². The highest BCUT2D eigenvalue weighted by Gasteiger charge is 2.15. The minimum absolute atomic E-state index is 0.0885. The van der Waals surface area contributed by atoms with Crippen molar-refractivity contribution in [2.75, 3.05) is 27.2 Å². The second-order valence-electron chi connectivity index (χ2n) is 6.78. The number of rotatable bonds is 9. The standard InChI is InChI=1S/C21H23BrN4O4/c1-25(2)13-3-12-23-21(28)19(14-15-4-8-17(22)9-5-15)24-20(27)16-6-10-18(11-7-16)26(29)30/h4-11,14H,3,12-13H2,1-2H3,(H,23,28)(H,24,27)/b19-14+. The summed E-state index contributed by atoms with van der Waals surface area (Å²) in [5, 5.41) is 16.2. The van der Waals surface area contributed by atoms with E-state index in [-0.39, 0.29) is 16.9 Å². The van der Waals surface area contributed by atoms with Crippen LogP contribution in [0.5, 0.6) is 0 Å². The number of nitro benzene ring substituents is 1. The van der Waals surface area contributed by atoms with Gasteiger partial charge in [0.25, 0.3) is 17.5 Å². The lowest BCUT2D eigenvalue weighted by atomic mass is 10.1. The van der Waals surface area contributed by atoms with Crippen LogP contribution in [0.4, 0.5) is 5.69 Å². The summed E-state index contributed by atoms with van der Waals surface area (Å²) in [4.78, 5) is 37.5. The molecule has 0 aliphatic rings. The van der Waals surface area contributed by atoms with Crippen LogP contribution in [0, 0.1) is 10.1 Å². The fraction of sp³-hybridized carbons (Fsp3) is 0.238. The summed E-state index contributed by atoms with van der Waals surface area (Å²) in [5.74, 6) is -0.941. The first kappa shape index (κ1) is 23.2. The highest BCUT2D eigenvalue weighted by molar-refractivity contribution is 9.10. The fourth-order valence-electron chi connectivity index (χ4n) is 2.51. The Hall–Kier alpha value is -3.04. The second kappa shape index (κ2) is 11.2. The largest absolute Gasteiger partial charge is 0.351 e. The van der Waals surface area contributed by atoms with Crippen molar-refractivity contribution in [3.63, 3.8) is 0 Å². The number of halogens is 1. The van der Waals surface area contributed by atoms with Crippen LogP contribution in [0.15, 0.2) is 58.7 Å². The molecule has 9 heteroatoms. The normalized spacial score (nSPS) is 11.3. The smallest absolute Gasteiger partial charge is 0.269 e. The number of carbonyl (C=O) groups excluding carboxylic acids is 2. The van der Waals surface area contributed by atoms with E-state index in [0.29, 0.717) is 6.54 Å². The van der Waals surface area contributed by atoms with Gasteiger partial charge in [0.05, 0.1) is 4.92 Å². The van der Waals surface area contributed by atoms with Crippen molar-refractivity contribution in [2.45, 2.75) is 6.42 Å². The van der Waals surface area contributed by atoms with E-state index in [9.17, 15) is 19.7 Å². The summed E-state index contributed by atoms with van der Waals surface area (Å²) in [6.07, 6.45) is 2.34. The molecular formula is C21H23BrN4O4. The molecule has 0 radical (unpaired) electrons. The van der Waals surface area contributed by atoms with E-state index >= 15 is 0 Å². The molecule has 0 unspecified atom stereocenters. The summed E-state index contributed by atoms with van der Waals surface area (Å²) in [7, 11) is 3.90. The zero-order valence-electron chi connectivity index (χ0n) is 16.7. The molecule has 0 atom stereocenters. The Labute approximate surface area is 183 Å². The first-order chi connectivity index (χ1) is 14.3. The fourth-order valence-corrected chi connectivity index (χ4v) is 2.77. The van der Waals surface area contributed by atoms with E-state index in [1.807, 2.05) is 31.1 Å². The van der Waals surface area contributed by atoms with Crippen molar-refractivity contribution in [2.24, 2.45) is 0 Å². The van der Waals surface area contributed by atoms with Crippen LogP contribution in [-0.2, 0) is 4.79 Å². The molecule has 0 spiro atoms. The van der Waals surface area contributed by atoms with Gasteiger partial charge in [-0.25, -0.2) is 0 Å². The van der Waals surface area contributed by atoms with Crippen molar-refractivity contribution < 1.29 is 14.5 Å². The van der Waals surface area contributed by atoms with E-state index < -0.39 is 16.7 Å². The number of hydrogen-bond acceptors (Lipinski definition) is 5. The van der Waals surface area contributed by atoms with Gasteiger partial charge in [0, 0.05) is 28.7 Å². The molecule has 2 amide bonds. The van der Waals surface area contributed by atoms with Gasteiger partial charge in [-0.05, 0) is 63.0 Å². The van der Waals surface area contributed by atoms with Crippen LogP contribution in [0.3, 0.4) is 0 Å². The minimum atomic E-state index is -0.540. The summed E-state index contributed by atoms with van der Waals surface area (Å²) in [6, 6.07) is 12.5. The minimum Gasteiger partial charge on any atom is -0.351 e. The zero-order chi connectivity index (χ0) is 22.1. The molecule has 0 aromatic heterocycles. The van der Waals surface area contributed by atoms with Crippen molar-refractivity contribution in [3.05, 3.63) is 79.9 Å². The molecule has 0 saturated heterocycles. The Morgan fingerprint density at radius 1 is 1.10 bits per heavy atom. The van der Waals surface area contributed by atoms with E-state index in [2.05, 4.69) is 26.6 Å². The first-order valence-electron chi connectivity index (χ1n) is 9.22. The van der Waals surface area contributed by atoms with Crippen LogP contribution in [0.2, 0.25) is 0 Å². The Morgan fingerprint density at radius 2 is 1.73 bits per heavy atom. The number of carbonyl (C=O) groups is 2. The van der Waals surface area contributed by atoms with Gasteiger partial charge < -0.3 is 15.5 Å². The van der Waals surface area contributed by atoms with Gasteiger partial charge in [-0.1, -0.05) is 28.1 Å². The highest BCUT2D eigenvalue weighted by Crippen LogP contribution is 2.14. The summed E-state index contributed by atoms with van der Waals surface area (Å²) < 4.78 is 0.893. The maximum atomic E-state index is 12.7. The van der Waals surface area contributed by atoms with Crippen LogP contribution >= 0.6 is 15.9 Å². The molecule has 158 valence electrons. The molecule has 0 saturated carbocycles. The molecule has 2 aromatic rings. The van der Waals surface area contributed by atoms with Crippen molar-refractivity contribution in [1.29, 1.82) is 0 Å². The second-order valence-corrected chi connectivity index (χ2v) is 7.70. The van der Waals surface area contributed by atoms with E-state index in [1.165, 1.54) is 24.3 Å². The predicted molar refractivity (Wildman–Crippen MR) is 119 cm³/mol. The van der Waals surface area contributed by atoms with Gasteiger partial charge in [-0.15, -0.1) is 0 Å². The predicted octanol–water partition coefficient (Wildman–Crippen LogP) is 3.20. The van der Waals surface area contributed by atoms with Crippen LogP contribution in [-0.4, -0.2) is 48.8 Å². The molecule has 0 aliphatic carbocycles. The number of nitrogens with zero attached hydrogens (tertiary/aromatic N) is 2. The molecule has 2 N–H and O–H groups in total. The lowest BCUT2D eigenvalue weighted by Gasteiger charge is -2.13. The average Bonchev–Trinajstić information content (AvgIpc) is 2.72. The quantitative estimate of drug-likeness (QED) is 0.251. The third-order valence-corrected chi connectivity index (χ3v) is 4.61. The van der Waals surface area contributed by atoms with Gasteiger partial charge in [0.1, 0.15) is 5.70 Å². The SMILES string of the molecule is CN(C)CCCNC(=O)/C(=C\c1ccc(Br)cc1)NC(=O)c1ccc([N+](=O)[O-])cc1. The van der Waals surface area contributed by atoms with E-state index in [4.69, 9.17) is 0 Å². The molecule has 30 heavy (non-hydrogen) atoms. The lowest BCUT2D eigenvalue weighted by Crippen LogP contribution is -2.36. The Kier molecular flexibility index (Phi) is 8.70. The van der Waals surface area contributed by atoms with Crippen LogP contribution in [0.1, 0.15) is 22.3 Å². The molecule has 2 aromatic carbocycles. The van der Waals surface area contributed by atoms with Crippen molar-refractivity contribution >= 4 is 39.5 Å². The van der Waals surface area contributed by atoms with Gasteiger partial charge in [0.2, 0.25) is 0 Å². The number of non-ortho nitro benzene ring substituents is 1. The third kappa shape index (κ3) is 7.41. The number of nitrogens with one attached hydrogen (secondary N) is 2. The topological polar surface area (TPSA) is 105 Å². The van der Waals surface area contributed by atoms with E-state index in [1.54, 1.807) is 18.2 Å². The van der Waals surface area contributed by atoms with Gasteiger partial charge >= 0.3 is 0 Å². The Bertz CT molecular complexity index is 925. The Morgan fingerprint density at radius 3 is 2.30 bits per heavy atom. The summed E-state index contributed by atoms with van der Waals surface area (Å²) >= 11 is 3.36. The molecule has 8 nitrogen and oxygen atoms in total. The van der Waals surface area contributed by atoms with Crippen molar-refractivity contribution in [3.8, 4) is 0 Å².